The molecule has 39 heavy (non-hydrogen) atoms. The van der Waals surface area contributed by atoms with Gasteiger partial charge in [0.05, 0.1) is 41.3 Å². The SMILES string of the molecule is C=CCN(CCC)C(=O)[C@H]1[C@H]2C(=O)N([C@H](C)CO)C(C(=O)N(CC=C)c3c(C)cccc3Cl)C23CC(Br)[C@@H]1O3. The van der Waals surface area contributed by atoms with Crippen molar-refractivity contribution in [3.8, 4) is 0 Å². The first-order valence-corrected chi connectivity index (χ1v) is 14.7. The Labute approximate surface area is 243 Å². The number of nitrogens with zero attached hydrogens (tertiary/aromatic N) is 3. The van der Waals surface area contributed by atoms with Crippen LogP contribution in [0.15, 0.2) is 43.5 Å². The summed E-state index contributed by atoms with van der Waals surface area (Å²) < 4.78 is 6.62. The van der Waals surface area contributed by atoms with Crippen LogP contribution in [0.5, 0.6) is 0 Å². The van der Waals surface area contributed by atoms with Crippen molar-refractivity contribution in [2.24, 2.45) is 11.8 Å². The largest absolute Gasteiger partial charge is 0.394 e. The molecule has 3 fully saturated rings. The van der Waals surface area contributed by atoms with E-state index in [1.54, 1.807) is 30.0 Å². The second-order valence-corrected chi connectivity index (χ2v) is 12.2. The highest BCUT2D eigenvalue weighted by Crippen LogP contribution is 2.61. The predicted molar refractivity (Wildman–Crippen MR) is 155 cm³/mol. The van der Waals surface area contributed by atoms with Crippen LogP contribution in [-0.2, 0) is 19.1 Å². The van der Waals surface area contributed by atoms with Gasteiger partial charge in [-0.25, -0.2) is 0 Å². The van der Waals surface area contributed by atoms with Crippen molar-refractivity contribution in [1.29, 1.82) is 0 Å². The highest BCUT2D eigenvalue weighted by atomic mass is 79.9. The van der Waals surface area contributed by atoms with E-state index >= 15 is 0 Å². The molecule has 0 aliphatic carbocycles. The quantitative estimate of drug-likeness (QED) is 0.300. The van der Waals surface area contributed by atoms with E-state index in [9.17, 15) is 19.5 Å². The number of aliphatic hydroxyl groups is 1. The van der Waals surface area contributed by atoms with Gasteiger partial charge in [0.1, 0.15) is 11.6 Å². The summed E-state index contributed by atoms with van der Waals surface area (Å²) in [4.78, 5) is 47.2. The molecule has 3 aliphatic heterocycles. The van der Waals surface area contributed by atoms with Crippen LogP contribution >= 0.6 is 27.5 Å². The lowest BCUT2D eigenvalue weighted by Gasteiger charge is -2.39. The summed E-state index contributed by atoms with van der Waals surface area (Å²) in [5.41, 5.74) is 0.0846. The molecule has 1 aromatic carbocycles. The number of halogens is 2. The number of benzene rings is 1. The van der Waals surface area contributed by atoms with Gasteiger partial charge < -0.3 is 24.5 Å². The predicted octanol–water partition coefficient (Wildman–Crippen LogP) is 3.72. The van der Waals surface area contributed by atoms with E-state index in [2.05, 4.69) is 29.1 Å². The minimum atomic E-state index is -1.24. The molecule has 1 spiro atoms. The van der Waals surface area contributed by atoms with E-state index < -0.39 is 35.6 Å². The summed E-state index contributed by atoms with van der Waals surface area (Å²) in [5.74, 6) is -2.52. The van der Waals surface area contributed by atoms with Gasteiger partial charge in [-0.2, -0.15) is 0 Å². The molecule has 4 rings (SSSR count). The maximum Gasteiger partial charge on any atom is 0.253 e. The van der Waals surface area contributed by atoms with Crippen molar-refractivity contribution in [3.63, 3.8) is 0 Å². The maximum absolute atomic E-state index is 14.6. The van der Waals surface area contributed by atoms with E-state index in [1.165, 1.54) is 9.80 Å². The number of hydrogen-bond donors (Lipinski definition) is 1. The van der Waals surface area contributed by atoms with Crippen molar-refractivity contribution in [1.82, 2.24) is 9.80 Å². The van der Waals surface area contributed by atoms with Crippen molar-refractivity contribution in [2.75, 3.05) is 31.1 Å². The molecular weight excluding hydrogens is 586 g/mol. The third-order valence-electron chi connectivity index (χ3n) is 8.18. The lowest BCUT2D eigenvalue weighted by molar-refractivity contribution is -0.147. The number of hydrogen-bond acceptors (Lipinski definition) is 5. The number of aliphatic hydroxyl groups excluding tert-OH is 1. The number of carbonyl (C=O) groups excluding carboxylic acids is 3. The highest BCUT2D eigenvalue weighted by Gasteiger charge is 2.77. The second kappa shape index (κ2) is 11.7. The number of fused-ring (bicyclic) bond motifs is 1. The van der Waals surface area contributed by atoms with Crippen LogP contribution < -0.4 is 4.90 Å². The number of para-hydroxylation sites is 1. The fraction of sp³-hybridized carbons (Fsp3) is 0.552. The number of ether oxygens (including phenoxy) is 1. The molecule has 7 atom stereocenters. The second-order valence-electron chi connectivity index (χ2n) is 10.7. The normalized spacial score (nSPS) is 29.7. The van der Waals surface area contributed by atoms with E-state index in [-0.39, 0.29) is 35.7 Å². The van der Waals surface area contributed by atoms with Crippen LogP contribution in [0.3, 0.4) is 0 Å². The molecule has 0 radical (unpaired) electrons. The minimum Gasteiger partial charge on any atom is -0.394 e. The number of aryl methyl sites for hydroxylation is 1. The number of alkyl halides is 1. The van der Waals surface area contributed by atoms with E-state index in [0.29, 0.717) is 30.2 Å². The monoisotopic (exact) mass is 621 g/mol. The Balaban J connectivity index is 1.84. The Kier molecular flexibility index (Phi) is 8.95. The van der Waals surface area contributed by atoms with Gasteiger partial charge in [0.25, 0.3) is 5.91 Å². The van der Waals surface area contributed by atoms with Crippen LogP contribution in [0, 0.1) is 18.8 Å². The van der Waals surface area contributed by atoms with Gasteiger partial charge in [-0.1, -0.05) is 58.7 Å². The summed E-state index contributed by atoms with van der Waals surface area (Å²) in [6, 6.07) is 3.66. The lowest BCUT2D eigenvalue weighted by Crippen LogP contribution is -2.59. The number of carbonyl (C=O) groups is 3. The first kappa shape index (κ1) is 29.8. The molecule has 3 unspecified atom stereocenters. The van der Waals surface area contributed by atoms with Gasteiger partial charge in [0.15, 0.2) is 0 Å². The number of amides is 3. The standard InChI is InChI=1S/C29H37BrClN3O5/c1-6-12-32(13-7-2)26(36)21-22-27(37)34(18(5)16-35)25(29(22)15-19(30)24(21)39-29)28(38)33(14-8-3)23-17(4)10-9-11-20(23)31/h6,8-11,18-19,21-22,24-25,35H,1,3,7,12-16H2,2,4-5H3/t18-,19?,21+,22+,24+,25?,29?/m1/s1. The smallest absolute Gasteiger partial charge is 0.253 e. The van der Waals surface area contributed by atoms with Crippen LogP contribution in [-0.4, -0.2) is 87.5 Å². The zero-order valence-corrected chi connectivity index (χ0v) is 25.0. The molecule has 3 aliphatic rings. The summed E-state index contributed by atoms with van der Waals surface area (Å²) in [5, 5.41) is 10.5. The summed E-state index contributed by atoms with van der Waals surface area (Å²) >= 11 is 10.3. The Morgan fingerprint density at radius 3 is 2.59 bits per heavy atom. The van der Waals surface area contributed by atoms with Crippen molar-refractivity contribution < 1.29 is 24.2 Å². The first-order valence-electron chi connectivity index (χ1n) is 13.4. The first-order chi connectivity index (χ1) is 18.6. The molecule has 1 N–H and O–H groups in total. The molecule has 10 heteroatoms. The molecule has 0 aromatic heterocycles. The third-order valence-corrected chi connectivity index (χ3v) is 9.33. The highest BCUT2D eigenvalue weighted by molar-refractivity contribution is 9.09. The fourth-order valence-electron chi connectivity index (χ4n) is 6.65. The summed E-state index contributed by atoms with van der Waals surface area (Å²) in [6.45, 7) is 13.9. The van der Waals surface area contributed by atoms with Gasteiger partial charge in [0.2, 0.25) is 11.8 Å². The molecule has 3 amide bonds. The Bertz CT molecular complexity index is 1140. The summed E-state index contributed by atoms with van der Waals surface area (Å²) in [7, 11) is 0. The van der Waals surface area contributed by atoms with Crippen LogP contribution in [0.4, 0.5) is 5.69 Å². The van der Waals surface area contributed by atoms with Crippen molar-refractivity contribution in [3.05, 3.63) is 54.1 Å². The van der Waals surface area contributed by atoms with Crippen LogP contribution in [0.25, 0.3) is 0 Å². The molecule has 8 nitrogen and oxygen atoms in total. The van der Waals surface area contributed by atoms with Gasteiger partial charge in [-0.3, -0.25) is 14.4 Å². The fourth-order valence-corrected chi connectivity index (χ4v) is 7.92. The zero-order valence-electron chi connectivity index (χ0n) is 22.7. The van der Waals surface area contributed by atoms with E-state index in [4.69, 9.17) is 16.3 Å². The average Bonchev–Trinajstić information content (AvgIpc) is 3.50. The molecule has 212 valence electrons. The maximum atomic E-state index is 14.6. The molecule has 1 aromatic rings. The lowest BCUT2D eigenvalue weighted by atomic mass is 9.70. The number of rotatable bonds is 11. The van der Waals surface area contributed by atoms with E-state index in [0.717, 1.165) is 12.0 Å². The topological polar surface area (TPSA) is 90.4 Å². The Hall–Kier alpha value is -2.20. The van der Waals surface area contributed by atoms with Gasteiger partial charge in [-0.15, -0.1) is 13.2 Å². The molecular formula is C29H37BrClN3O5. The number of likely N-dealkylation sites (tertiary alicyclic amines) is 1. The molecule has 3 heterocycles. The van der Waals surface area contributed by atoms with Gasteiger partial charge in [-0.05, 0) is 38.3 Å². The van der Waals surface area contributed by atoms with Crippen molar-refractivity contribution in [2.45, 2.75) is 62.2 Å². The minimum absolute atomic E-state index is 0.156. The zero-order chi connectivity index (χ0) is 28.6. The van der Waals surface area contributed by atoms with E-state index in [1.807, 2.05) is 26.0 Å². The molecule has 0 saturated carbocycles. The Morgan fingerprint density at radius 2 is 2.00 bits per heavy atom. The average molecular weight is 623 g/mol. The Morgan fingerprint density at radius 1 is 1.31 bits per heavy atom. The number of anilines is 1. The molecule has 3 saturated heterocycles. The van der Waals surface area contributed by atoms with Crippen LogP contribution in [0.2, 0.25) is 5.02 Å². The van der Waals surface area contributed by atoms with Crippen LogP contribution in [0.1, 0.15) is 32.3 Å². The van der Waals surface area contributed by atoms with Crippen molar-refractivity contribution >= 4 is 50.9 Å². The third kappa shape index (κ3) is 4.75. The van der Waals surface area contributed by atoms with Gasteiger partial charge in [0, 0.05) is 24.5 Å². The molecule has 2 bridgehead atoms. The summed E-state index contributed by atoms with van der Waals surface area (Å²) in [6.07, 6.45) is 3.85. The van der Waals surface area contributed by atoms with Gasteiger partial charge >= 0.3 is 0 Å².